The fraction of sp³-hybridized carbons (Fsp3) is 0.455. The number of rotatable bonds is 13. The Morgan fingerprint density at radius 2 is 1.28 bits per heavy atom. The van der Waals surface area contributed by atoms with Crippen LogP contribution in [0.4, 0.5) is 5.82 Å². The Kier molecular flexibility index (Phi) is 11.9. The summed E-state index contributed by atoms with van der Waals surface area (Å²) in [4.78, 5) is 26.8. The van der Waals surface area contributed by atoms with Gasteiger partial charge in [0.25, 0.3) is 0 Å². The van der Waals surface area contributed by atoms with Gasteiger partial charge < -0.3 is 28.4 Å². The van der Waals surface area contributed by atoms with Gasteiger partial charge in [0, 0.05) is 6.92 Å². The van der Waals surface area contributed by atoms with Crippen LogP contribution in [0.5, 0.6) is 5.75 Å². The Morgan fingerprint density at radius 3 is 1.79 bits per heavy atom. The highest BCUT2D eigenvalue weighted by molar-refractivity contribution is 6.74. The topological polar surface area (TPSA) is 119 Å². The molecule has 4 atom stereocenters. The SMILES string of the molecule is COc1ccc(C(Nc2ncnc3c2ncn3[C@@H]2O[C@H](COC(C)=O)[C@@H](O[Si](C)(C)C(C)(C)C)[C@H]2O[Si](C)(C)C(C)(C)C)(c2ccccc2)c2ccccc2)cc1. The van der Waals surface area contributed by atoms with Crippen LogP contribution < -0.4 is 10.1 Å². The number of benzene rings is 3. The van der Waals surface area contributed by atoms with Gasteiger partial charge in [-0.1, -0.05) is 114 Å². The first-order valence-corrected chi connectivity index (χ1v) is 25.5. The van der Waals surface area contributed by atoms with E-state index in [9.17, 15) is 4.79 Å². The first-order chi connectivity index (χ1) is 26.8. The van der Waals surface area contributed by atoms with Crippen LogP contribution in [0.2, 0.25) is 36.3 Å². The predicted molar refractivity (Wildman–Crippen MR) is 229 cm³/mol. The number of imidazole rings is 1. The number of fused-ring (bicyclic) bond motifs is 1. The number of carbonyl (C=O) groups is 1. The number of hydrogen-bond donors (Lipinski definition) is 1. The van der Waals surface area contributed by atoms with Crippen molar-refractivity contribution in [3.05, 3.63) is 114 Å². The van der Waals surface area contributed by atoms with Gasteiger partial charge in [-0.2, -0.15) is 0 Å². The first-order valence-electron chi connectivity index (χ1n) is 19.6. The highest BCUT2D eigenvalue weighted by Gasteiger charge is 2.55. The normalized spacial score (nSPS) is 19.4. The van der Waals surface area contributed by atoms with Gasteiger partial charge in [-0.15, -0.1) is 0 Å². The molecule has 0 aliphatic carbocycles. The third-order valence-corrected chi connectivity index (χ3v) is 21.0. The van der Waals surface area contributed by atoms with E-state index < -0.39 is 46.7 Å². The fourth-order valence-corrected chi connectivity index (χ4v) is 9.41. The zero-order valence-corrected chi connectivity index (χ0v) is 37.5. The molecule has 2 aromatic heterocycles. The molecular formula is C44H59N5O6Si2. The van der Waals surface area contributed by atoms with Gasteiger partial charge in [-0.05, 0) is 65.1 Å². The molecule has 0 spiro atoms. The number of ether oxygens (including phenoxy) is 3. The van der Waals surface area contributed by atoms with E-state index in [4.69, 9.17) is 38.0 Å². The first kappa shape index (κ1) is 42.2. The van der Waals surface area contributed by atoms with Gasteiger partial charge in [0.1, 0.15) is 42.5 Å². The zero-order chi connectivity index (χ0) is 41.4. The molecule has 3 aromatic carbocycles. The number of aromatic nitrogens is 4. The number of hydrogen-bond acceptors (Lipinski definition) is 10. The van der Waals surface area contributed by atoms with Crippen LogP contribution in [0, 0.1) is 0 Å². The second kappa shape index (κ2) is 16.1. The van der Waals surface area contributed by atoms with E-state index in [1.54, 1.807) is 19.8 Å². The molecule has 0 bridgehead atoms. The Morgan fingerprint density at radius 1 is 0.754 bits per heavy atom. The Hall–Kier alpha value is -4.41. The van der Waals surface area contributed by atoms with Crippen molar-refractivity contribution >= 4 is 39.6 Å². The highest BCUT2D eigenvalue weighted by atomic mass is 28.4. The highest BCUT2D eigenvalue weighted by Crippen LogP contribution is 2.47. The number of nitrogens with zero attached hydrogens (tertiary/aromatic N) is 4. The molecule has 6 rings (SSSR count). The second-order valence-corrected chi connectivity index (χ2v) is 27.4. The molecule has 304 valence electrons. The monoisotopic (exact) mass is 809 g/mol. The van der Waals surface area contributed by atoms with E-state index in [1.807, 2.05) is 53.1 Å². The number of carbonyl (C=O) groups excluding carboxylic acids is 1. The van der Waals surface area contributed by atoms with Crippen molar-refractivity contribution in [2.24, 2.45) is 0 Å². The summed E-state index contributed by atoms with van der Waals surface area (Å²) in [6, 6.07) is 28.7. The maximum Gasteiger partial charge on any atom is 0.302 e. The molecule has 1 aliphatic rings. The molecule has 1 aliphatic heterocycles. The molecule has 3 heterocycles. The maximum atomic E-state index is 12.2. The van der Waals surface area contributed by atoms with Crippen molar-refractivity contribution < 1.29 is 27.9 Å². The molecule has 0 saturated carbocycles. The van der Waals surface area contributed by atoms with Gasteiger partial charge >= 0.3 is 5.97 Å². The van der Waals surface area contributed by atoms with Crippen LogP contribution in [-0.2, 0) is 28.7 Å². The molecule has 1 N–H and O–H groups in total. The van der Waals surface area contributed by atoms with Gasteiger partial charge in [-0.3, -0.25) is 9.36 Å². The summed E-state index contributed by atoms with van der Waals surface area (Å²) in [6.45, 7) is 23.6. The minimum absolute atomic E-state index is 0.0233. The zero-order valence-electron chi connectivity index (χ0n) is 35.5. The standard InChI is InChI=1S/C44H59N5O6Si2/c1-30(50)52-27-35-37(54-56(9,10)42(2,3)4)38(55-57(11,12)43(5,6)7)41(53-35)49-29-47-36-39(45-28-46-40(36)49)48-44(31-19-15-13-16-20-31,32-21-17-14-18-22-32)33-23-25-34(51-8)26-24-33/h13-26,28-29,35,37-38,41H,27H2,1-12H3,(H,45,46,48)/t35-,37-,38-,41-/m1/s1. The van der Waals surface area contributed by atoms with Crippen molar-refractivity contribution in [3.63, 3.8) is 0 Å². The lowest BCUT2D eigenvalue weighted by Gasteiger charge is -2.44. The molecule has 0 unspecified atom stereocenters. The van der Waals surface area contributed by atoms with Crippen LogP contribution in [-0.4, -0.2) is 74.2 Å². The summed E-state index contributed by atoms with van der Waals surface area (Å²) in [5, 5.41) is 3.68. The smallest absolute Gasteiger partial charge is 0.302 e. The average Bonchev–Trinajstić information content (AvgIpc) is 3.73. The van der Waals surface area contributed by atoms with E-state index in [2.05, 4.69) is 109 Å². The molecule has 57 heavy (non-hydrogen) atoms. The number of methoxy groups -OCH3 is 1. The predicted octanol–water partition coefficient (Wildman–Crippen LogP) is 9.48. The van der Waals surface area contributed by atoms with Gasteiger partial charge in [-0.25, -0.2) is 15.0 Å². The molecule has 11 nitrogen and oxygen atoms in total. The minimum atomic E-state index is -2.43. The summed E-state index contributed by atoms with van der Waals surface area (Å²) in [5.41, 5.74) is 3.22. The summed E-state index contributed by atoms with van der Waals surface area (Å²) in [5.74, 6) is 0.905. The number of nitrogens with one attached hydrogen (secondary N) is 1. The van der Waals surface area contributed by atoms with Crippen molar-refractivity contribution in [2.45, 2.75) is 115 Å². The van der Waals surface area contributed by atoms with E-state index >= 15 is 0 Å². The summed E-state index contributed by atoms with van der Waals surface area (Å²) in [6.07, 6.45) is 0.914. The van der Waals surface area contributed by atoms with Crippen molar-refractivity contribution in [2.75, 3.05) is 19.0 Å². The summed E-state index contributed by atoms with van der Waals surface area (Å²) < 4.78 is 34.6. The van der Waals surface area contributed by atoms with E-state index in [-0.39, 0.29) is 22.7 Å². The molecule has 0 radical (unpaired) electrons. The van der Waals surface area contributed by atoms with E-state index in [0.29, 0.717) is 17.0 Å². The number of esters is 1. The Labute approximate surface area is 339 Å². The molecule has 1 fully saturated rings. The van der Waals surface area contributed by atoms with Crippen molar-refractivity contribution in [3.8, 4) is 5.75 Å². The van der Waals surface area contributed by atoms with E-state index in [1.165, 1.54) is 6.92 Å². The van der Waals surface area contributed by atoms with Crippen LogP contribution in [0.25, 0.3) is 11.2 Å². The van der Waals surface area contributed by atoms with Gasteiger partial charge in [0.05, 0.1) is 13.4 Å². The third-order valence-electron chi connectivity index (χ3n) is 12.1. The summed E-state index contributed by atoms with van der Waals surface area (Å²) in [7, 11) is -3.16. The van der Waals surface area contributed by atoms with Crippen LogP contribution >= 0.6 is 0 Å². The van der Waals surface area contributed by atoms with Crippen molar-refractivity contribution in [1.29, 1.82) is 0 Å². The van der Waals surface area contributed by atoms with Gasteiger partial charge in [0.15, 0.2) is 39.8 Å². The quantitative estimate of drug-likeness (QED) is 0.0700. The number of anilines is 1. The second-order valence-electron chi connectivity index (χ2n) is 17.9. The molecule has 5 aromatic rings. The Bertz CT molecular complexity index is 2090. The van der Waals surface area contributed by atoms with Crippen molar-refractivity contribution in [1.82, 2.24) is 19.5 Å². The molecule has 0 amide bonds. The van der Waals surface area contributed by atoms with E-state index in [0.717, 1.165) is 22.4 Å². The molecular weight excluding hydrogens is 751 g/mol. The lowest BCUT2D eigenvalue weighted by molar-refractivity contribution is -0.147. The third kappa shape index (κ3) is 8.44. The average molecular weight is 810 g/mol. The lowest BCUT2D eigenvalue weighted by Crippen LogP contribution is -2.54. The van der Waals surface area contributed by atoms with Gasteiger partial charge in [0.2, 0.25) is 0 Å². The minimum Gasteiger partial charge on any atom is -0.497 e. The lowest BCUT2D eigenvalue weighted by atomic mass is 9.77. The summed E-state index contributed by atoms with van der Waals surface area (Å²) >= 11 is 0. The largest absolute Gasteiger partial charge is 0.497 e. The Balaban J connectivity index is 1.51. The maximum absolute atomic E-state index is 12.2. The fourth-order valence-electron chi connectivity index (χ4n) is 6.81. The molecule has 1 saturated heterocycles. The molecule has 13 heteroatoms. The van der Waals surface area contributed by atoms with Crippen LogP contribution in [0.15, 0.2) is 97.6 Å². The van der Waals surface area contributed by atoms with Crippen LogP contribution in [0.3, 0.4) is 0 Å². The van der Waals surface area contributed by atoms with Crippen LogP contribution in [0.1, 0.15) is 71.4 Å².